The Morgan fingerprint density at radius 2 is 2.10 bits per heavy atom. The van der Waals surface area contributed by atoms with Crippen molar-refractivity contribution in [1.29, 1.82) is 0 Å². The molecule has 3 N–H and O–H groups in total. The molecule has 4 heteroatoms. The summed E-state index contributed by atoms with van der Waals surface area (Å²) in [5.74, 6) is 1.24. The Hall–Kier alpha value is -1.81. The number of aromatic nitrogens is 1. The lowest BCUT2D eigenvalue weighted by molar-refractivity contribution is 0.0785. The fourth-order valence-electron chi connectivity index (χ4n) is 4.10. The maximum atomic E-state index is 12.8. The average Bonchev–Trinajstić information content (AvgIpc) is 3.11. The zero-order chi connectivity index (χ0) is 14.4. The fourth-order valence-corrected chi connectivity index (χ4v) is 4.10. The molecule has 1 amide bonds. The van der Waals surface area contributed by atoms with Crippen LogP contribution in [0.15, 0.2) is 30.5 Å². The van der Waals surface area contributed by atoms with Crippen LogP contribution in [0, 0.1) is 11.8 Å². The number of para-hydroxylation sites is 1. The molecule has 2 heterocycles. The van der Waals surface area contributed by atoms with Crippen molar-refractivity contribution in [2.24, 2.45) is 17.6 Å². The highest BCUT2D eigenvalue weighted by Crippen LogP contribution is 2.36. The predicted molar refractivity (Wildman–Crippen MR) is 83.0 cm³/mol. The molecule has 1 aromatic heterocycles. The maximum Gasteiger partial charge on any atom is 0.256 e. The van der Waals surface area contributed by atoms with Crippen LogP contribution >= 0.6 is 0 Å². The van der Waals surface area contributed by atoms with Gasteiger partial charge in [-0.25, -0.2) is 0 Å². The van der Waals surface area contributed by atoms with Gasteiger partial charge in [0.05, 0.1) is 5.56 Å². The number of likely N-dealkylation sites (tertiary alicyclic amines) is 1. The summed E-state index contributed by atoms with van der Waals surface area (Å²) in [6, 6.07) is 8.24. The molecular formula is C17H21N3O. The van der Waals surface area contributed by atoms with Crippen LogP contribution in [0.2, 0.25) is 0 Å². The van der Waals surface area contributed by atoms with Crippen molar-refractivity contribution >= 4 is 16.8 Å². The highest BCUT2D eigenvalue weighted by molar-refractivity contribution is 6.06. The first-order valence-corrected chi connectivity index (χ1v) is 7.85. The van der Waals surface area contributed by atoms with E-state index in [2.05, 4.69) is 4.98 Å². The van der Waals surface area contributed by atoms with Gasteiger partial charge in [0, 0.05) is 36.2 Å². The van der Waals surface area contributed by atoms with E-state index in [1.165, 1.54) is 12.8 Å². The normalized spacial score (nSPS) is 28.8. The Kier molecular flexibility index (Phi) is 3.00. The van der Waals surface area contributed by atoms with Crippen molar-refractivity contribution in [2.75, 3.05) is 13.1 Å². The Bertz CT molecular complexity index is 677. The van der Waals surface area contributed by atoms with Gasteiger partial charge < -0.3 is 15.6 Å². The largest absolute Gasteiger partial charge is 0.360 e. The first-order valence-electron chi connectivity index (χ1n) is 7.85. The number of nitrogens with one attached hydrogen (secondary N) is 1. The van der Waals surface area contributed by atoms with Gasteiger partial charge in [-0.15, -0.1) is 0 Å². The Morgan fingerprint density at radius 3 is 2.95 bits per heavy atom. The molecule has 1 saturated heterocycles. The van der Waals surface area contributed by atoms with Crippen molar-refractivity contribution in [2.45, 2.75) is 25.3 Å². The summed E-state index contributed by atoms with van der Waals surface area (Å²) < 4.78 is 0. The molecule has 1 saturated carbocycles. The van der Waals surface area contributed by atoms with Crippen LogP contribution in [-0.4, -0.2) is 34.9 Å². The second-order valence-electron chi connectivity index (χ2n) is 6.48. The number of hydrogen-bond donors (Lipinski definition) is 2. The second-order valence-corrected chi connectivity index (χ2v) is 6.48. The fraction of sp³-hybridized carbons (Fsp3) is 0.471. The van der Waals surface area contributed by atoms with Gasteiger partial charge in [-0.05, 0) is 30.7 Å². The molecule has 3 unspecified atom stereocenters. The Morgan fingerprint density at radius 1 is 1.24 bits per heavy atom. The van der Waals surface area contributed by atoms with Gasteiger partial charge in [-0.2, -0.15) is 0 Å². The molecule has 1 aromatic carbocycles. The highest BCUT2D eigenvalue weighted by atomic mass is 16.2. The quantitative estimate of drug-likeness (QED) is 0.844. The van der Waals surface area contributed by atoms with Crippen LogP contribution in [-0.2, 0) is 0 Å². The van der Waals surface area contributed by atoms with Crippen LogP contribution in [0.1, 0.15) is 29.6 Å². The Balaban J connectivity index is 1.61. The summed E-state index contributed by atoms with van der Waals surface area (Å²) in [6.45, 7) is 1.70. The molecule has 4 rings (SSSR count). The lowest BCUT2D eigenvalue weighted by Gasteiger charge is -2.29. The number of carbonyl (C=O) groups excluding carboxylic acids is 1. The van der Waals surface area contributed by atoms with Gasteiger partial charge in [0.15, 0.2) is 0 Å². The number of carbonyl (C=O) groups is 1. The molecule has 4 nitrogen and oxygen atoms in total. The molecule has 2 fully saturated rings. The van der Waals surface area contributed by atoms with Crippen molar-refractivity contribution in [3.63, 3.8) is 0 Å². The number of benzene rings is 1. The number of nitrogens with two attached hydrogens (primary N) is 1. The minimum Gasteiger partial charge on any atom is -0.360 e. The van der Waals surface area contributed by atoms with Crippen LogP contribution in [0.3, 0.4) is 0 Å². The molecular weight excluding hydrogens is 262 g/mol. The molecule has 2 aliphatic rings. The third kappa shape index (κ3) is 2.05. The van der Waals surface area contributed by atoms with Gasteiger partial charge in [-0.1, -0.05) is 24.6 Å². The maximum absolute atomic E-state index is 12.8. The minimum absolute atomic E-state index is 0.147. The lowest BCUT2D eigenvalue weighted by Crippen LogP contribution is -2.38. The SMILES string of the molecule is NC1CCCC2CN(C(=O)c3c[nH]c4ccccc34)CC12. The third-order valence-corrected chi connectivity index (χ3v) is 5.26. The lowest BCUT2D eigenvalue weighted by atomic mass is 9.78. The van der Waals surface area contributed by atoms with Crippen molar-refractivity contribution in [3.05, 3.63) is 36.0 Å². The van der Waals surface area contributed by atoms with E-state index < -0.39 is 0 Å². The van der Waals surface area contributed by atoms with Crippen molar-refractivity contribution < 1.29 is 4.79 Å². The monoisotopic (exact) mass is 283 g/mol. The van der Waals surface area contributed by atoms with Gasteiger partial charge in [-0.3, -0.25) is 4.79 Å². The Labute approximate surface area is 124 Å². The van der Waals surface area contributed by atoms with Crippen LogP contribution < -0.4 is 5.73 Å². The average molecular weight is 283 g/mol. The van der Waals surface area contributed by atoms with Crippen LogP contribution in [0.5, 0.6) is 0 Å². The number of amides is 1. The molecule has 21 heavy (non-hydrogen) atoms. The van der Waals surface area contributed by atoms with Crippen molar-refractivity contribution in [3.8, 4) is 0 Å². The highest BCUT2D eigenvalue weighted by Gasteiger charge is 2.40. The zero-order valence-corrected chi connectivity index (χ0v) is 12.1. The van der Waals surface area contributed by atoms with Gasteiger partial charge in [0.25, 0.3) is 5.91 Å². The van der Waals surface area contributed by atoms with E-state index in [4.69, 9.17) is 5.73 Å². The van der Waals surface area contributed by atoms with E-state index >= 15 is 0 Å². The first-order chi connectivity index (χ1) is 10.2. The molecule has 2 aromatic rings. The van der Waals surface area contributed by atoms with Gasteiger partial charge in [0.1, 0.15) is 0 Å². The summed E-state index contributed by atoms with van der Waals surface area (Å²) in [6.07, 6.45) is 5.37. The standard InChI is InChI=1S/C17H21N3O/c18-15-6-3-4-11-9-20(10-14(11)15)17(21)13-8-19-16-7-2-1-5-12(13)16/h1-2,5,7-8,11,14-15,19H,3-4,6,9-10,18H2. The third-order valence-electron chi connectivity index (χ3n) is 5.26. The number of fused-ring (bicyclic) bond motifs is 2. The van der Waals surface area contributed by atoms with E-state index in [0.29, 0.717) is 11.8 Å². The summed E-state index contributed by atoms with van der Waals surface area (Å²) in [4.78, 5) is 18.0. The van der Waals surface area contributed by atoms with E-state index in [-0.39, 0.29) is 11.9 Å². The van der Waals surface area contributed by atoms with Crippen LogP contribution in [0.25, 0.3) is 10.9 Å². The number of hydrogen-bond acceptors (Lipinski definition) is 2. The zero-order valence-electron chi connectivity index (χ0n) is 12.1. The molecule has 0 radical (unpaired) electrons. The molecule has 1 aliphatic carbocycles. The summed E-state index contributed by atoms with van der Waals surface area (Å²) in [5, 5.41) is 1.02. The number of rotatable bonds is 1. The van der Waals surface area contributed by atoms with E-state index in [1.807, 2.05) is 35.4 Å². The molecule has 110 valence electrons. The van der Waals surface area contributed by atoms with E-state index in [0.717, 1.165) is 36.0 Å². The van der Waals surface area contributed by atoms with E-state index in [1.54, 1.807) is 0 Å². The molecule has 3 atom stereocenters. The van der Waals surface area contributed by atoms with Gasteiger partial charge >= 0.3 is 0 Å². The first kappa shape index (κ1) is 12.9. The predicted octanol–water partition coefficient (Wildman–Crippen LogP) is 2.37. The number of H-pyrrole nitrogens is 1. The molecule has 0 spiro atoms. The van der Waals surface area contributed by atoms with Crippen molar-refractivity contribution in [1.82, 2.24) is 9.88 Å². The molecule has 0 bridgehead atoms. The smallest absolute Gasteiger partial charge is 0.256 e. The second kappa shape index (κ2) is 4.88. The number of nitrogens with zero attached hydrogens (tertiary/aromatic N) is 1. The number of aromatic amines is 1. The van der Waals surface area contributed by atoms with E-state index in [9.17, 15) is 4.79 Å². The van der Waals surface area contributed by atoms with Gasteiger partial charge in [0.2, 0.25) is 0 Å². The topological polar surface area (TPSA) is 62.1 Å². The minimum atomic E-state index is 0.147. The van der Waals surface area contributed by atoms with Crippen LogP contribution in [0.4, 0.5) is 0 Å². The summed E-state index contributed by atoms with van der Waals surface area (Å²) in [7, 11) is 0. The molecule has 1 aliphatic heterocycles. The summed E-state index contributed by atoms with van der Waals surface area (Å²) in [5.41, 5.74) is 8.06. The summed E-state index contributed by atoms with van der Waals surface area (Å²) >= 11 is 0.